The highest BCUT2D eigenvalue weighted by molar-refractivity contribution is 6.32. The lowest BCUT2D eigenvalue weighted by Crippen LogP contribution is -1.95. The molecule has 0 aliphatic heterocycles. The van der Waals surface area contributed by atoms with Gasteiger partial charge in [0.1, 0.15) is 12.1 Å². The summed E-state index contributed by atoms with van der Waals surface area (Å²) in [5.74, 6) is 0.831. The second-order valence-corrected chi connectivity index (χ2v) is 4.25. The van der Waals surface area contributed by atoms with E-state index in [0.717, 1.165) is 11.1 Å². The Balaban J connectivity index is 2.37. The van der Waals surface area contributed by atoms with E-state index in [0.29, 0.717) is 22.6 Å². The van der Waals surface area contributed by atoms with Crippen molar-refractivity contribution in [1.82, 2.24) is 9.97 Å². The molecule has 0 saturated carbocycles. The van der Waals surface area contributed by atoms with Gasteiger partial charge in [-0.3, -0.25) is 4.79 Å². The molecule has 1 aromatic carbocycles. The molecular weight excluding hydrogens is 252 g/mol. The van der Waals surface area contributed by atoms with Crippen LogP contribution in [0.25, 0.3) is 0 Å². The molecular formula is C13H11ClN2O2. The third kappa shape index (κ3) is 2.49. The normalized spacial score (nSPS) is 10.2. The first-order valence-corrected chi connectivity index (χ1v) is 5.69. The monoisotopic (exact) mass is 262 g/mol. The lowest BCUT2D eigenvalue weighted by molar-refractivity contribution is 0.112. The van der Waals surface area contributed by atoms with Crippen LogP contribution in [-0.4, -0.2) is 16.3 Å². The molecule has 1 aromatic heterocycles. The molecule has 0 saturated heterocycles. The molecule has 0 aliphatic carbocycles. The topological polar surface area (TPSA) is 52.1 Å². The largest absolute Gasteiger partial charge is 0.438 e. The number of aryl methyl sites for hydroxylation is 2. The zero-order valence-electron chi connectivity index (χ0n) is 9.98. The number of hydrogen-bond donors (Lipinski definition) is 0. The number of carbonyl (C=O) groups excluding carboxylic acids is 1. The van der Waals surface area contributed by atoms with Crippen LogP contribution < -0.4 is 4.74 Å². The van der Waals surface area contributed by atoms with Crippen LogP contribution in [0.3, 0.4) is 0 Å². The molecule has 0 radical (unpaired) electrons. The van der Waals surface area contributed by atoms with Gasteiger partial charge in [-0.25, -0.2) is 9.97 Å². The molecule has 0 aliphatic rings. The zero-order chi connectivity index (χ0) is 13.1. The molecule has 5 heteroatoms. The van der Waals surface area contributed by atoms with Crippen molar-refractivity contribution in [2.75, 3.05) is 0 Å². The fourth-order valence-electron chi connectivity index (χ4n) is 1.57. The number of halogens is 1. The summed E-state index contributed by atoms with van der Waals surface area (Å²) in [5.41, 5.74) is 2.13. The Morgan fingerprint density at radius 2 is 1.94 bits per heavy atom. The lowest BCUT2D eigenvalue weighted by atomic mass is 10.1. The van der Waals surface area contributed by atoms with Crippen molar-refractivity contribution in [3.63, 3.8) is 0 Å². The summed E-state index contributed by atoms with van der Waals surface area (Å²) in [6.07, 6.45) is 3.40. The minimum Gasteiger partial charge on any atom is -0.438 e. The van der Waals surface area contributed by atoms with E-state index in [1.807, 2.05) is 13.8 Å². The van der Waals surface area contributed by atoms with E-state index in [9.17, 15) is 4.79 Å². The highest BCUT2D eigenvalue weighted by Gasteiger charge is 2.08. The lowest BCUT2D eigenvalue weighted by Gasteiger charge is -2.09. The predicted molar refractivity (Wildman–Crippen MR) is 68.4 cm³/mol. The van der Waals surface area contributed by atoms with Gasteiger partial charge in [0.25, 0.3) is 0 Å². The third-order valence-corrected chi connectivity index (χ3v) is 3.05. The van der Waals surface area contributed by atoms with Crippen molar-refractivity contribution < 1.29 is 9.53 Å². The highest BCUT2D eigenvalue weighted by Crippen LogP contribution is 2.29. The van der Waals surface area contributed by atoms with Gasteiger partial charge in [-0.1, -0.05) is 11.6 Å². The van der Waals surface area contributed by atoms with Crippen LogP contribution >= 0.6 is 11.6 Å². The number of rotatable bonds is 3. The third-order valence-electron chi connectivity index (χ3n) is 2.45. The second kappa shape index (κ2) is 5.14. The Morgan fingerprint density at radius 1 is 1.28 bits per heavy atom. The molecule has 0 N–H and O–H groups in total. The van der Waals surface area contributed by atoms with E-state index >= 15 is 0 Å². The number of ether oxygens (including phenoxy) is 1. The van der Waals surface area contributed by atoms with Gasteiger partial charge in [0, 0.05) is 11.2 Å². The van der Waals surface area contributed by atoms with Crippen molar-refractivity contribution in [3.8, 4) is 11.6 Å². The molecule has 0 bridgehead atoms. The number of benzene rings is 1. The van der Waals surface area contributed by atoms with Gasteiger partial charge >= 0.3 is 0 Å². The summed E-state index contributed by atoms with van der Waals surface area (Å²) in [6.45, 7) is 3.78. The van der Waals surface area contributed by atoms with E-state index < -0.39 is 0 Å². The number of carbonyl (C=O) groups is 1. The van der Waals surface area contributed by atoms with Crippen LogP contribution in [0, 0.1) is 13.8 Å². The van der Waals surface area contributed by atoms with Crippen LogP contribution in [0.1, 0.15) is 21.5 Å². The van der Waals surface area contributed by atoms with Crippen molar-refractivity contribution >= 4 is 17.9 Å². The standard InChI is InChI=1S/C13H11ClN2O2/c1-8-3-11(4-9(2)12(8)14)18-13-10(6-17)5-15-7-16-13/h3-7H,1-2H3. The van der Waals surface area contributed by atoms with E-state index in [4.69, 9.17) is 16.3 Å². The number of aldehydes is 1. The van der Waals surface area contributed by atoms with Gasteiger partial charge < -0.3 is 4.74 Å². The van der Waals surface area contributed by atoms with Crippen LogP contribution in [-0.2, 0) is 0 Å². The minimum absolute atomic E-state index is 0.237. The average Bonchev–Trinajstić information content (AvgIpc) is 2.36. The summed E-state index contributed by atoms with van der Waals surface area (Å²) < 4.78 is 5.58. The summed E-state index contributed by atoms with van der Waals surface area (Å²) >= 11 is 6.07. The molecule has 1 heterocycles. The fourth-order valence-corrected chi connectivity index (χ4v) is 1.68. The molecule has 18 heavy (non-hydrogen) atoms. The zero-order valence-corrected chi connectivity index (χ0v) is 10.7. The molecule has 4 nitrogen and oxygen atoms in total. The van der Waals surface area contributed by atoms with Crippen LogP contribution in [0.2, 0.25) is 5.02 Å². The minimum atomic E-state index is 0.237. The first-order valence-electron chi connectivity index (χ1n) is 5.31. The SMILES string of the molecule is Cc1cc(Oc2ncncc2C=O)cc(C)c1Cl. The first kappa shape index (κ1) is 12.5. The average molecular weight is 263 g/mol. The van der Waals surface area contributed by atoms with Gasteiger partial charge in [0.2, 0.25) is 5.88 Å². The fraction of sp³-hybridized carbons (Fsp3) is 0.154. The molecule has 0 amide bonds. The molecule has 0 atom stereocenters. The van der Waals surface area contributed by atoms with Crippen molar-refractivity contribution in [3.05, 3.63) is 46.4 Å². The van der Waals surface area contributed by atoms with Crippen LogP contribution in [0.4, 0.5) is 0 Å². The Hall–Kier alpha value is -1.94. The van der Waals surface area contributed by atoms with E-state index in [-0.39, 0.29) is 5.88 Å². The van der Waals surface area contributed by atoms with Crippen molar-refractivity contribution in [2.45, 2.75) is 13.8 Å². The van der Waals surface area contributed by atoms with Crippen molar-refractivity contribution in [2.24, 2.45) is 0 Å². The maximum atomic E-state index is 10.8. The summed E-state index contributed by atoms with van der Waals surface area (Å²) in [7, 11) is 0. The number of hydrogen-bond acceptors (Lipinski definition) is 4. The van der Waals surface area contributed by atoms with Crippen LogP contribution in [0.15, 0.2) is 24.7 Å². The second-order valence-electron chi connectivity index (χ2n) is 3.87. The van der Waals surface area contributed by atoms with Gasteiger partial charge in [-0.15, -0.1) is 0 Å². The number of aromatic nitrogens is 2. The molecule has 2 rings (SSSR count). The van der Waals surface area contributed by atoms with Gasteiger partial charge in [-0.05, 0) is 37.1 Å². The van der Waals surface area contributed by atoms with Gasteiger partial charge in [0.15, 0.2) is 6.29 Å². The molecule has 0 spiro atoms. The smallest absolute Gasteiger partial charge is 0.232 e. The summed E-state index contributed by atoms with van der Waals surface area (Å²) in [4.78, 5) is 18.5. The first-order chi connectivity index (χ1) is 8.61. The predicted octanol–water partition coefficient (Wildman–Crippen LogP) is 3.35. The van der Waals surface area contributed by atoms with Crippen LogP contribution in [0.5, 0.6) is 11.6 Å². The Labute approximate surface area is 110 Å². The maximum Gasteiger partial charge on any atom is 0.232 e. The highest BCUT2D eigenvalue weighted by atomic mass is 35.5. The Morgan fingerprint density at radius 3 is 2.56 bits per heavy atom. The van der Waals surface area contributed by atoms with E-state index in [1.54, 1.807) is 12.1 Å². The molecule has 2 aromatic rings. The van der Waals surface area contributed by atoms with E-state index in [2.05, 4.69) is 9.97 Å². The summed E-state index contributed by atoms with van der Waals surface area (Å²) in [5, 5.41) is 0.709. The molecule has 0 unspecified atom stereocenters. The van der Waals surface area contributed by atoms with Gasteiger partial charge in [0.05, 0.1) is 5.56 Å². The molecule has 92 valence electrons. The quantitative estimate of drug-likeness (QED) is 0.796. The van der Waals surface area contributed by atoms with E-state index in [1.165, 1.54) is 12.5 Å². The number of nitrogens with zero attached hydrogens (tertiary/aromatic N) is 2. The molecule has 0 fully saturated rings. The Kier molecular flexibility index (Phi) is 3.58. The van der Waals surface area contributed by atoms with Crippen molar-refractivity contribution in [1.29, 1.82) is 0 Å². The summed E-state index contributed by atoms with van der Waals surface area (Å²) in [6, 6.07) is 3.60. The maximum absolute atomic E-state index is 10.8. The Bertz CT molecular complexity index is 576. The van der Waals surface area contributed by atoms with Gasteiger partial charge in [-0.2, -0.15) is 0 Å².